The van der Waals surface area contributed by atoms with Crippen LogP contribution in [0.1, 0.15) is 13.8 Å². The summed E-state index contributed by atoms with van der Waals surface area (Å²) in [6.07, 6.45) is 6.28. The van der Waals surface area contributed by atoms with E-state index in [4.69, 9.17) is 9.47 Å². The topological polar surface area (TPSA) is 117 Å². The van der Waals surface area contributed by atoms with Crippen molar-refractivity contribution in [2.75, 3.05) is 62.5 Å². The van der Waals surface area contributed by atoms with E-state index in [9.17, 15) is 9.18 Å². The number of hydrogen-bond donors (Lipinski definition) is 3. The molecule has 11 nitrogen and oxygen atoms in total. The molecule has 0 saturated carbocycles. The van der Waals surface area contributed by atoms with Crippen molar-refractivity contribution < 1.29 is 18.7 Å². The molecule has 0 aliphatic carbocycles. The third-order valence-electron chi connectivity index (χ3n) is 5.56. The average Bonchev–Trinajstić information content (AvgIpc) is 2.86. The molecule has 0 spiro atoms. The molecule has 2 aliphatic rings. The smallest absolute Gasteiger partial charge is 0.269 e. The zero-order valence-electron chi connectivity index (χ0n) is 20.8. The van der Waals surface area contributed by atoms with Gasteiger partial charge < -0.3 is 35.2 Å². The monoisotopic (exact) mass is 498 g/mol. The van der Waals surface area contributed by atoms with E-state index in [-0.39, 0.29) is 24.2 Å². The van der Waals surface area contributed by atoms with E-state index < -0.39 is 11.4 Å². The number of carbonyl (C=O) groups excluding carboxylic acids is 1. The summed E-state index contributed by atoms with van der Waals surface area (Å²) in [7, 11) is 3.61. The van der Waals surface area contributed by atoms with Crippen LogP contribution >= 0.6 is 0 Å². The fraction of sp³-hybridized carbons (Fsp3) is 0.417. The van der Waals surface area contributed by atoms with E-state index in [2.05, 4.69) is 35.8 Å². The average molecular weight is 499 g/mol. The van der Waals surface area contributed by atoms with Crippen molar-refractivity contribution in [3.05, 3.63) is 54.1 Å². The zero-order chi connectivity index (χ0) is 25.7. The van der Waals surface area contributed by atoms with Gasteiger partial charge in [0.05, 0.1) is 31.3 Å². The second-order valence-electron chi connectivity index (χ2n) is 8.98. The quantitative estimate of drug-likeness (QED) is 0.500. The standard InChI is InChI=1S/C24H31FN8O3/c1-24(2)22(34)31-21(32(3)4)18(36-24)6-5-9-26-20-17(25)15-28-23(30-20)29-16-7-8-19(27-14-16)33-10-12-35-13-11-33/h5-8,14-15H,9-13H2,1-4H3,(H,31,34)(H2,26,28,29,30)/b6-5-. The summed E-state index contributed by atoms with van der Waals surface area (Å²) >= 11 is 0. The SMILES string of the molecule is CN(C)C1=C(/C=C\CNc2nc(Nc3ccc(N4CCOCC4)nc3)ncc2F)OC(C)(C)C(=O)N1. The molecule has 4 heterocycles. The normalized spacial score (nSPS) is 17.6. The van der Waals surface area contributed by atoms with Crippen molar-refractivity contribution >= 4 is 29.2 Å². The maximum atomic E-state index is 14.3. The Bertz CT molecular complexity index is 1140. The number of amides is 1. The summed E-state index contributed by atoms with van der Waals surface area (Å²) in [5.74, 6) is 1.40. The van der Waals surface area contributed by atoms with Crippen molar-refractivity contribution in [2.24, 2.45) is 0 Å². The molecule has 4 rings (SSSR count). The molecule has 12 heteroatoms. The maximum Gasteiger partial charge on any atom is 0.269 e. The molecule has 1 fully saturated rings. The highest BCUT2D eigenvalue weighted by Crippen LogP contribution is 2.24. The number of ether oxygens (including phenoxy) is 2. The van der Waals surface area contributed by atoms with Gasteiger partial charge in [-0.05, 0) is 32.1 Å². The van der Waals surface area contributed by atoms with Gasteiger partial charge in [0.25, 0.3) is 5.91 Å². The van der Waals surface area contributed by atoms with Gasteiger partial charge in [0.1, 0.15) is 5.82 Å². The van der Waals surface area contributed by atoms with Crippen LogP contribution in [-0.2, 0) is 14.3 Å². The van der Waals surface area contributed by atoms with Gasteiger partial charge >= 0.3 is 0 Å². The molecule has 0 unspecified atom stereocenters. The first kappa shape index (κ1) is 25.2. The lowest BCUT2D eigenvalue weighted by atomic mass is 10.1. The van der Waals surface area contributed by atoms with Crippen molar-refractivity contribution in [1.29, 1.82) is 0 Å². The van der Waals surface area contributed by atoms with Gasteiger partial charge in [-0.1, -0.05) is 6.08 Å². The van der Waals surface area contributed by atoms with Crippen LogP contribution < -0.4 is 20.9 Å². The number of carbonyl (C=O) groups is 1. The molecule has 36 heavy (non-hydrogen) atoms. The predicted octanol–water partition coefficient (Wildman–Crippen LogP) is 2.21. The summed E-state index contributed by atoms with van der Waals surface area (Å²) in [6.45, 7) is 6.63. The Kier molecular flexibility index (Phi) is 7.53. The first-order chi connectivity index (χ1) is 17.2. The minimum absolute atomic E-state index is 0.0510. The molecule has 2 aromatic heterocycles. The number of halogens is 1. The largest absolute Gasteiger partial charge is 0.474 e. The maximum absolute atomic E-state index is 14.3. The van der Waals surface area contributed by atoms with Crippen LogP contribution in [0.25, 0.3) is 0 Å². The third kappa shape index (κ3) is 6.00. The molecular weight excluding hydrogens is 467 g/mol. The highest BCUT2D eigenvalue weighted by Gasteiger charge is 2.36. The van der Waals surface area contributed by atoms with E-state index >= 15 is 0 Å². The second kappa shape index (κ2) is 10.8. The summed E-state index contributed by atoms with van der Waals surface area (Å²) in [4.78, 5) is 28.8. The van der Waals surface area contributed by atoms with Gasteiger partial charge in [0, 0.05) is 33.7 Å². The Morgan fingerprint density at radius 3 is 2.69 bits per heavy atom. The molecule has 1 amide bonds. The van der Waals surface area contributed by atoms with Gasteiger partial charge in [0.2, 0.25) is 5.95 Å². The van der Waals surface area contributed by atoms with Crippen molar-refractivity contribution in [3.8, 4) is 0 Å². The third-order valence-corrected chi connectivity index (χ3v) is 5.56. The van der Waals surface area contributed by atoms with Crippen LogP contribution in [0.3, 0.4) is 0 Å². The number of nitrogens with one attached hydrogen (secondary N) is 3. The van der Waals surface area contributed by atoms with Gasteiger partial charge in [0.15, 0.2) is 28.8 Å². The Hall–Kier alpha value is -3.93. The molecule has 0 atom stereocenters. The first-order valence-corrected chi connectivity index (χ1v) is 11.6. The molecule has 0 radical (unpaired) electrons. The highest BCUT2D eigenvalue weighted by atomic mass is 19.1. The molecule has 3 N–H and O–H groups in total. The number of aromatic nitrogens is 3. The van der Waals surface area contributed by atoms with E-state index in [1.165, 1.54) is 0 Å². The van der Waals surface area contributed by atoms with Crippen LogP contribution in [0, 0.1) is 5.82 Å². The molecule has 2 aromatic rings. The Morgan fingerprint density at radius 1 is 1.22 bits per heavy atom. The molecule has 0 aromatic carbocycles. The summed E-state index contributed by atoms with van der Waals surface area (Å²) in [5, 5.41) is 8.83. The number of hydrogen-bond acceptors (Lipinski definition) is 10. The van der Waals surface area contributed by atoms with Crippen molar-refractivity contribution in [3.63, 3.8) is 0 Å². The van der Waals surface area contributed by atoms with Crippen LogP contribution in [0.15, 0.2) is 48.3 Å². The molecule has 0 bridgehead atoms. The Balaban J connectivity index is 1.38. The first-order valence-electron chi connectivity index (χ1n) is 11.6. The number of allylic oxidation sites excluding steroid dienone is 1. The van der Waals surface area contributed by atoms with E-state index in [0.717, 1.165) is 25.1 Å². The fourth-order valence-corrected chi connectivity index (χ4v) is 3.58. The van der Waals surface area contributed by atoms with Gasteiger partial charge in [-0.3, -0.25) is 4.79 Å². The lowest BCUT2D eigenvalue weighted by Gasteiger charge is -2.34. The number of rotatable bonds is 8. The summed E-state index contributed by atoms with van der Waals surface area (Å²) in [5.41, 5.74) is -0.312. The number of morpholine rings is 1. The van der Waals surface area contributed by atoms with Gasteiger partial charge in [-0.25, -0.2) is 14.4 Å². The lowest BCUT2D eigenvalue weighted by molar-refractivity contribution is -0.140. The van der Waals surface area contributed by atoms with Crippen LogP contribution in [0.2, 0.25) is 0 Å². The number of pyridine rings is 1. The molecule has 1 saturated heterocycles. The summed E-state index contributed by atoms with van der Waals surface area (Å²) in [6, 6.07) is 3.79. The van der Waals surface area contributed by atoms with E-state index in [0.29, 0.717) is 30.5 Å². The van der Waals surface area contributed by atoms with Gasteiger partial charge in [-0.15, -0.1) is 0 Å². The van der Waals surface area contributed by atoms with Gasteiger partial charge in [-0.2, -0.15) is 4.98 Å². The van der Waals surface area contributed by atoms with Crippen LogP contribution in [0.5, 0.6) is 0 Å². The Labute approximate surface area is 209 Å². The highest BCUT2D eigenvalue weighted by molar-refractivity contribution is 5.87. The molecule has 192 valence electrons. The summed E-state index contributed by atoms with van der Waals surface area (Å²) < 4.78 is 25.5. The fourth-order valence-electron chi connectivity index (χ4n) is 3.58. The second-order valence-corrected chi connectivity index (χ2v) is 8.98. The number of nitrogens with zero attached hydrogens (tertiary/aromatic N) is 5. The molecule has 2 aliphatic heterocycles. The van der Waals surface area contributed by atoms with Crippen molar-refractivity contribution in [1.82, 2.24) is 25.2 Å². The predicted molar refractivity (Wildman–Crippen MR) is 134 cm³/mol. The minimum Gasteiger partial charge on any atom is -0.474 e. The number of anilines is 4. The Morgan fingerprint density at radius 2 is 2.00 bits per heavy atom. The zero-order valence-corrected chi connectivity index (χ0v) is 20.8. The lowest BCUT2D eigenvalue weighted by Crippen LogP contribution is -2.50. The van der Waals surface area contributed by atoms with Crippen molar-refractivity contribution in [2.45, 2.75) is 19.4 Å². The van der Waals surface area contributed by atoms with Crippen LogP contribution in [0.4, 0.5) is 27.7 Å². The minimum atomic E-state index is -0.999. The molecular formula is C24H31FN8O3. The van der Waals surface area contributed by atoms with Crippen LogP contribution in [-0.4, -0.2) is 78.3 Å². The van der Waals surface area contributed by atoms with E-state index in [1.54, 1.807) is 51.2 Å². The van der Waals surface area contributed by atoms with E-state index in [1.807, 2.05) is 12.1 Å².